The van der Waals surface area contributed by atoms with E-state index in [9.17, 15) is 0 Å². The molecule has 2 rings (SSSR count). The number of nitrogens with zero attached hydrogens (tertiary/aromatic N) is 2. The third-order valence-electron chi connectivity index (χ3n) is 3.02. The fourth-order valence-corrected chi connectivity index (χ4v) is 2.34. The van der Waals surface area contributed by atoms with Gasteiger partial charge in [0.15, 0.2) is 0 Å². The molecule has 1 aromatic heterocycles. The number of aromatic nitrogens is 2. The predicted octanol–water partition coefficient (Wildman–Crippen LogP) is 3.16. The van der Waals surface area contributed by atoms with Gasteiger partial charge in [0.25, 0.3) is 0 Å². The smallest absolute Gasteiger partial charge is 0.129 e. The Labute approximate surface area is 149 Å². The van der Waals surface area contributed by atoms with E-state index in [1.165, 1.54) is 5.56 Å². The Bertz CT molecular complexity index is 545. The van der Waals surface area contributed by atoms with Crippen LogP contribution in [0.5, 0.6) is 5.75 Å². The second-order valence-corrected chi connectivity index (χ2v) is 6.15. The number of hydrogen-bond acceptors (Lipinski definition) is 6. The van der Waals surface area contributed by atoms with Crippen LogP contribution in [0.2, 0.25) is 0 Å². The zero-order chi connectivity index (χ0) is 17.6. The van der Waals surface area contributed by atoms with Crippen molar-refractivity contribution >= 4 is 11.9 Å². The Hall–Kier alpha value is -1.63. The van der Waals surface area contributed by atoms with E-state index in [1.807, 2.05) is 38.4 Å². The van der Waals surface area contributed by atoms with Crippen LogP contribution in [0.15, 0.2) is 36.7 Å². The van der Waals surface area contributed by atoms with Gasteiger partial charge in [-0.2, -0.15) is 0 Å². The first kappa shape index (κ1) is 20.4. The number of nitrogens with one attached hydrogen (secondary N) is 1. The van der Waals surface area contributed by atoms with Crippen LogP contribution in [0.3, 0.4) is 0 Å². The number of aryl methyl sites for hydroxylation is 2. The Morgan fingerprint density at radius 2 is 1.79 bits per heavy atom. The lowest BCUT2D eigenvalue weighted by Gasteiger charge is -2.05. The molecule has 0 aliphatic heterocycles. The van der Waals surface area contributed by atoms with E-state index in [-0.39, 0.29) is 0 Å². The summed E-state index contributed by atoms with van der Waals surface area (Å²) in [4.78, 5) is 8.57. The molecule has 0 spiro atoms. The van der Waals surface area contributed by atoms with Crippen molar-refractivity contribution < 1.29 is 9.84 Å². The number of aliphatic hydroxyl groups is 1. The van der Waals surface area contributed by atoms with Crippen LogP contribution < -0.4 is 9.46 Å². The van der Waals surface area contributed by atoms with E-state index in [2.05, 4.69) is 26.8 Å². The molecule has 0 aliphatic carbocycles. The molecule has 2 aromatic rings. The van der Waals surface area contributed by atoms with Crippen molar-refractivity contribution in [2.24, 2.45) is 0 Å². The number of benzene rings is 1. The predicted molar refractivity (Wildman–Crippen MR) is 100 cm³/mol. The lowest BCUT2D eigenvalue weighted by molar-refractivity contribution is 0.295. The van der Waals surface area contributed by atoms with Gasteiger partial charge >= 0.3 is 0 Å². The molecule has 0 bridgehead atoms. The highest BCUT2D eigenvalue weighted by Crippen LogP contribution is 2.11. The molecule has 0 saturated carbocycles. The number of methoxy groups -OCH3 is 1. The first-order chi connectivity index (χ1) is 11.7. The van der Waals surface area contributed by atoms with Crippen molar-refractivity contribution in [1.29, 1.82) is 0 Å². The molecule has 0 radical (unpaired) electrons. The second kappa shape index (κ2) is 12.8. The van der Waals surface area contributed by atoms with Gasteiger partial charge in [-0.1, -0.05) is 31.0 Å². The third kappa shape index (κ3) is 8.86. The van der Waals surface area contributed by atoms with Crippen molar-refractivity contribution in [2.75, 3.05) is 19.5 Å². The average molecular weight is 350 g/mol. The van der Waals surface area contributed by atoms with Crippen LogP contribution >= 0.6 is 11.9 Å². The normalized spacial score (nSPS) is 10.0. The zero-order valence-electron chi connectivity index (χ0n) is 14.7. The molecular formula is C18H27N3O2S. The van der Waals surface area contributed by atoms with E-state index >= 15 is 0 Å². The summed E-state index contributed by atoms with van der Waals surface area (Å²) in [6.45, 7) is 5.08. The maximum absolute atomic E-state index is 7.88. The fraction of sp³-hybridized carbons (Fsp3) is 0.444. The van der Waals surface area contributed by atoms with Gasteiger partial charge in [0, 0.05) is 37.7 Å². The van der Waals surface area contributed by atoms with Gasteiger partial charge < -0.3 is 9.84 Å². The van der Waals surface area contributed by atoms with Crippen LogP contribution in [-0.2, 0) is 13.0 Å². The number of aliphatic hydroxyl groups excluding tert-OH is 1. The molecule has 0 amide bonds. The molecule has 0 atom stereocenters. The Morgan fingerprint density at radius 1 is 1.17 bits per heavy atom. The summed E-state index contributed by atoms with van der Waals surface area (Å²) < 4.78 is 8.47. The van der Waals surface area contributed by atoms with Crippen LogP contribution in [0.4, 0.5) is 0 Å². The molecule has 0 unspecified atom stereocenters. The van der Waals surface area contributed by atoms with E-state index in [4.69, 9.17) is 9.84 Å². The molecule has 2 N–H and O–H groups in total. The van der Waals surface area contributed by atoms with Gasteiger partial charge in [0.05, 0.1) is 7.11 Å². The van der Waals surface area contributed by atoms with E-state index in [0.717, 1.165) is 42.3 Å². The molecule has 1 heterocycles. The quantitative estimate of drug-likeness (QED) is 0.564. The molecule has 6 heteroatoms. The Balaban J connectivity index is 0.000000648. The molecule has 5 nitrogen and oxygen atoms in total. The minimum atomic E-state index is 0.319. The van der Waals surface area contributed by atoms with Crippen molar-refractivity contribution in [3.8, 4) is 5.75 Å². The lowest BCUT2D eigenvalue weighted by Crippen LogP contribution is -2.06. The minimum absolute atomic E-state index is 0.319. The Kier molecular flexibility index (Phi) is 10.8. The molecule has 132 valence electrons. The van der Waals surface area contributed by atoms with Gasteiger partial charge in [0.1, 0.15) is 11.6 Å². The van der Waals surface area contributed by atoms with Crippen LogP contribution in [0, 0.1) is 6.92 Å². The van der Waals surface area contributed by atoms with Crippen molar-refractivity contribution in [3.63, 3.8) is 0 Å². The monoisotopic (exact) mass is 349 g/mol. The summed E-state index contributed by atoms with van der Waals surface area (Å²) in [5.41, 5.74) is 2.34. The first-order valence-electron chi connectivity index (χ1n) is 8.05. The van der Waals surface area contributed by atoms with Gasteiger partial charge in [-0.05, 0) is 36.6 Å². The van der Waals surface area contributed by atoms with Crippen LogP contribution in [0.1, 0.15) is 30.3 Å². The summed E-state index contributed by atoms with van der Waals surface area (Å²) in [6.07, 6.45) is 5.47. The highest BCUT2D eigenvalue weighted by Gasteiger charge is 1.98. The molecular weight excluding hydrogens is 322 g/mol. The molecule has 0 saturated heterocycles. The van der Waals surface area contributed by atoms with Crippen molar-refractivity contribution in [3.05, 3.63) is 53.6 Å². The summed E-state index contributed by atoms with van der Waals surface area (Å²) in [5, 5.41) is 7.88. The van der Waals surface area contributed by atoms with Gasteiger partial charge in [-0.3, -0.25) is 4.72 Å². The van der Waals surface area contributed by atoms with E-state index in [1.54, 1.807) is 19.1 Å². The van der Waals surface area contributed by atoms with Gasteiger partial charge in [0.2, 0.25) is 0 Å². The number of hydrogen-bond donors (Lipinski definition) is 2. The Morgan fingerprint density at radius 3 is 2.33 bits per heavy atom. The van der Waals surface area contributed by atoms with E-state index in [0.29, 0.717) is 6.61 Å². The average Bonchev–Trinajstić information content (AvgIpc) is 2.63. The van der Waals surface area contributed by atoms with Gasteiger partial charge in [-0.15, -0.1) is 0 Å². The summed E-state index contributed by atoms with van der Waals surface area (Å²) >= 11 is 1.70. The zero-order valence-corrected chi connectivity index (χ0v) is 15.5. The van der Waals surface area contributed by atoms with E-state index < -0.39 is 0 Å². The molecule has 0 fully saturated rings. The molecule has 0 aliphatic rings. The standard InChI is InChI=1S/C15H19N3OS.C3H8O/c1-12-9-16-15(17-10-12)7-8-20-18-11-13-3-5-14(19-2)6-4-13;1-2-3-4/h3-6,9-10,18H,7-8,11H2,1-2H3;4H,2-3H2,1H3. The minimum Gasteiger partial charge on any atom is -0.497 e. The second-order valence-electron chi connectivity index (χ2n) is 5.17. The highest BCUT2D eigenvalue weighted by atomic mass is 32.2. The first-order valence-corrected chi connectivity index (χ1v) is 9.04. The highest BCUT2D eigenvalue weighted by molar-refractivity contribution is 7.97. The largest absolute Gasteiger partial charge is 0.497 e. The van der Waals surface area contributed by atoms with Crippen LogP contribution in [-0.4, -0.2) is 34.5 Å². The number of rotatable bonds is 8. The van der Waals surface area contributed by atoms with Crippen molar-refractivity contribution in [2.45, 2.75) is 33.2 Å². The van der Waals surface area contributed by atoms with Crippen LogP contribution in [0.25, 0.3) is 0 Å². The molecule has 1 aromatic carbocycles. The topological polar surface area (TPSA) is 67.3 Å². The fourth-order valence-electron chi connectivity index (χ4n) is 1.64. The molecule has 24 heavy (non-hydrogen) atoms. The number of ether oxygens (including phenoxy) is 1. The summed E-state index contributed by atoms with van der Waals surface area (Å²) in [5.74, 6) is 2.74. The third-order valence-corrected chi connectivity index (χ3v) is 3.78. The summed E-state index contributed by atoms with van der Waals surface area (Å²) in [6, 6.07) is 8.08. The lowest BCUT2D eigenvalue weighted by atomic mass is 10.2. The van der Waals surface area contributed by atoms with Crippen molar-refractivity contribution in [1.82, 2.24) is 14.7 Å². The maximum atomic E-state index is 7.88. The SMILES string of the molecule is CCCO.COc1ccc(CNSCCc2ncc(C)cn2)cc1. The maximum Gasteiger partial charge on any atom is 0.129 e. The van der Waals surface area contributed by atoms with Gasteiger partial charge in [-0.25, -0.2) is 9.97 Å². The summed E-state index contributed by atoms with van der Waals surface area (Å²) in [7, 11) is 1.68.